The molecular weight excluding hydrogens is 484 g/mol. The van der Waals surface area contributed by atoms with Gasteiger partial charge in [-0.2, -0.15) is 5.10 Å². The fraction of sp³-hybridized carbons (Fsp3) is 0.550. The lowest BCUT2D eigenvalue weighted by molar-refractivity contribution is 0.176. The molecule has 2 heterocycles. The second-order valence-electron chi connectivity index (χ2n) is 7.39. The zero-order valence-corrected chi connectivity index (χ0v) is 19.7. The number of piperidine rings is 1. The van der Waals surface area contributed by atoms with Gasteiger partial charge in [0, 0.05) is 39.8 Å². The Kier molecular flexibility index (Phi) is 9.28. The van der Waals surface area contributed by atoms with E-state index in [-0.39, 0.29) is 29.8 Å². The third-order valence-electron chi connectivity index (χ3n) is 5.36. The van der Waals surface area contributed by atoms with Gasteiger partial charge in [-0.15, -0.1) is 24.0 Å². The third kappa shape index (κ3) is 6.63. The molecule has 1 saturated heterocycles. The molecule has 1 N–H and O–H groups in total. The van der Waals surface area contributed by atoms with E-state index in [1.54, 1.807) is 24.1 Å². The maximum absolute atomic E-state index is 13.8. The molecule has 0 bridgehead atoms. The molecule has 7 nitrogen and oxygen atoms in total. The number of likely N-dealkylation sites (tertiary alicyclic amines) is 1. The first kappa shape index (κ1) is 23.5. The summed E-state index contributed by atoms with van der Waals surface area (Å²) in [7, 11) is 5.69. The van der Waals surface area contributed by atoms with Gasteiger partial charge in [-0.25, -0.2) is 9.37 Å². The van der Waals surface area contributed by atoms with Crippen molar-refractivity contribution >= 4 is 29.9 Å². The Morgan fingerprint density at radius 3 is 2.66 bits per heavy atom. The number of guanidine groups is 1. The number of hydrogen-bond acceptors (Lipinski definition) is 4. The smallest absolute Gasteiger partial charge is 0.193 e. The number of aliphatic imine (C=N–C) groups is 1. The molecule has 9 heteroatoms. The lowest BCUT2D eigenvalue weighted by atomic mass is 9.96. The minimum atomic E-state index is -0.110. The molecule has 0 aliphatic carbocycles. The van der Waals surface area contributed by atoms with Crippen LogP contribution in [0.15, 0.2) is 35.6 Å². The van der Waals surface area contributed by atoms with Crippen molar-refractivity contribution in [1.29, 1.82) is 0 Å². The molecule has 1 fully saturated rings. The summed E-state index contributed by atoms with van der Waals surface area (Å²) in [5.41, 5.74) is 0.782. The second-order valence-corrected chi connectivity index (χ2v) is 7.39. The van der Waals surface area contributed by atoms with E-state index in [1.807, 2.05) is 26.2 Å². The van der Waals surface area contributed by atoms with Crippen LogP contribution < -0.4 is 5.32 Å². The molecule has 0 unspecified atom stereocenters. The van der Waals surface area contributed by atoms with Crippen LogP contribution in [0.4, 0.5) is 4.39 Å². The minimum Gasteiger partial charge on any atom is -0.356 e. The molecule has 0 atom stereocenters. The zero-order valence-electron chi connectivity index (χ0n) is 17.4. The van der Waals surface area contributed by atoms with Crippen LogP contribution in [0.5, 0.6) is 0 Å². The number of aromatic nitrogens is 3. The number of rotatable bonds is 6. The van der Waals surface area contributed by atoms with Crippen molar-refractivity contribution in [3.63, 3.8) is 0 Å². The Balaban J connectivity index is 0.00000300. The topological polar surface area (TPSA) is 61.6 Å². The van der Waals surface area contributed by atoms with Crippen LogP contribution in [0, 0.1) is 11.7 Å². The SMILES string of the molecule is CN=C(NCC1CCN(Cc2ccccc2F)CC1)N(C)Cc1ncnn1C.I. The van der Waals surface area contributed by atoms with Crippen molar-refractivity contribution in [1.82, 2.24) is 29.9 Å². The van der Waals surface area contributed by atoms with Gasteiger partial charge in [-0.1, -0.05) is 18.2 Å². The third-order valence-corrected chi connectivity index (χ3v) is 5.36. The highest BCUT2D eigenvalue weighted by Crippen LogP contribution is 2.19. The van der Waals surface area contributed by atoms with Gasteiger partial charge in [0.25, 0.3) is 0 Å². The molecule has 0 radical (unpaired) electrons. The van der Waals surface area contributed by atoms with Gasteiger partial charge in [0.05, 0.1) is 6.54 Å². The number of aryl methyl sites for hydroxylation is 1. The van der Waals surface area contributed by atoms with Crippen LogP contribution in [0.3, 0.4) is 0 Å². The zero-order chi connectivity index (χ0) is 19.9. The summed E-state index contributed by atoms with van der Waals surface area (Å²) >= 11 is 0. The van der Waals surface area contributed by atoms with E-state index in [0.717, 1.165) is 49.8 Å². The molecule has 1 aromatic carbocycles. The highest BCUT2D eigenvalue weighted by Gasteiger charge is 2.21. The van der Waals surface area contributed by atoms with E-state index >= 15 is 0 Å². The molecule has 0 amide bonds. The van der Waals surface area contributed by atoms with Crippen molar-refractivity contribution in [2.75, 3.05) is 33.7 Å². The van der Waals surface area contributed by atoms with Crippen molar-refractivity contribution in [2.45, 2.75) is 25.9 Å². The van der Waals surface area contributed by atoms with Crippen LogP contribution >= 0.6 is 24.0 Å². The van der Waals surface area contributed by atoms with Gasteiger partial charge in [-0.05, 0) is 37.9 Å². The summed E-state index contributed by atoms with van der Waals surface area (Å²) in [6, 6.07) is 7.05. The van der Waals surface area contributed by atoms with Crippen molar-refractivity contribution in [3.05, 3.63) is 47.8 Å². The monoisotopic (exact) mass is 515 g/mol. The largest absolute Gasteiger partial charge is 0.356 e. The van der Waals surface area contributed by atoms with Crippen LogP contribution in [0.1, 0.15) is 24.2 Å². The molecule has 160 valence electrons. The molecule has 1 aromatic heterocycles. The Labute approximate surface area is 189 Å². The normalized spacial score (nSPS) is 15.8. The summed E-state index contributed by atoms with van der Waals surface area (Å²) in [5, 5.41) is 7.59. The van der Waals surface area contributed by atoms with Gasteiger partial charge in [0.2, 0.25) is 0 Å². The fourth-order valence-corrected chi connectivity index (χ4v) is 3.59. The molecular formula is C20H31FIN7. The fourth-order valence-electron chi connectivity index (χ4n) is 3.59. The number of halogens is 2. The number of nitrogens with zero attached hydrogens (tertiary/aromatic N) is 6. The maximum Gasteiger partial charge on any atom is 0.193 e. The van der Waals surface area contributed by atoms with Crippen LogP contribution in [0.25, 0.3) is 0 Å². The summed E-state index contributed by atoms with van der Waals surface area (Å²) in [4.78, 5) is 13.0. The van der Waals surface area contributed by atoms with E-state index in [2.05, 4.69) is 30.2 Å². The minimum absolute atomic E-state index is 0. The van der Waals surface area contributed by atoms with E-state index in [9.17, 15) is 4.39 Å². The molecule has 0 spiro atoms. The quantitative estimate of drug-likeness (QED) is 0.364. The lowest BCUT2D eigenvalue weighted by Crippen LogP contribution is -2.43. The first-order valence-electron chi connectivity index (χ1n) is 9.77. The van der Waals surface area contributed by atoms with E-state index in [0.29, 0.717) is 19.0 Å². The first-order chi connectivity index (χ1) is 13.6. The molecule has 0 saturated carbocycles. The molecule has 2 aromatic rings. The second kappa shape index (κ2) is 11.4. The predicted molar refractivity (Wildman–Crippen MR) is 124 cm³/mol. The molecule has 3 rings (SSSR count). The lowest BCUT2D eigenvalue weighted by Gasteiger charge is -2.33. The average Bonchev–Trinajstić information content (AvgIpc) is 3.10. The van der Waals surface area contributed by atoms with E-state index in [4.69, 9.17) is 0 Å². The Morgan fingerprint density at radius 1 is 1.31 bits per heavy atom. The highest BCUT2D eigenvalue weighted by molar-refractivity contribution is 14.0. The molecule has 1 aliphatic rings. The molecule has 29 heavy (non-hydrogen) atoms. The summed E-state index contributed by atoms with van der Waals surface area (Å²) in [5.74, 6) is 2.24. The Morgan fingerprint density at radius 2 is 2.03 bits per heavy atom. The van der Waals surface area contributed by atoms with Crippen molar-refractivity contribution < 1.29 is 4.39 Å². The Bertz CT molecular complexity index is 787. The molecule has 1 aliphatic heterocycles. The first-order valence-corrected chi connectivity index (χ1v) is 9.77. The van der Waals surface area contributed by atoms with Gasteiger partial charge in [-0.3, -0.25) is 14.6 Å². The maximum atomic E-state index is 13.8. The van der Waals surface area contributed by atoms with E-state index < -0.39 is 0 Å². The van der Waals surface area contributed by atoms with Crippen LogP contribution in [-0.4, -0.2) is 64.3 Å². The summed E-state index contributed by atoms with van der Waals surface area (Å²) in [6.07, 6.45) is 3.77. The number of benzene rings is 1. The number of nitrogens with one attached hydrogen (secondary N) is 1. The van der Waals surface area contributed by atoms with Gasteiger partial charge in [0.15, 0.2) is 5.96 Å². The highest BCUT2D eigenvalue weighted by atomic mass is 127. The summed E-state index contributed by atoms with van der Waals surface area (Å²) in [6.45, 7) is 4.22. The summed E-state index contributed by atoms with van der Waals surface area (Å²) < 4.78 is 15.6. The van der Waals surface area contributed by atoms with Crippen molar-refractivity contribution in [3.8, 4) is 0 Å². The van der Waals surface area contributed by atoms with E-state index in [1.165, 1.54) is 6.07 Å². The van der Waals surface area contributed by atoms with Crippen LogP contribution in [0.2, 0.25) is 0 Å². The standard InChI is InChI=1S/C20H30FN7.HI/c1-22-20(26(2)14-19-24-15-25-27(19)3)23-12-16-8-10-28(11-9-16)13-17-6-4-5-7-18(17)21;/h4-7,15-16H,8-14H2,1-3H3,(H,22,23);1H. The van der Waals surface area contributed by atoms with Gasteiger partial charge in [0.1, 0.15) is 18.0 Å². The predicted octanol–water partition coefficient (Wildman–Crippen LogP) is 2.49. The average molecular weight is 515 g/mol. The van der Waals surface area contributed by atoms with Crippen molar-refractivity contribution in [2.24, 2.45) is 18.0 Å². The van der Waals surface area contributed by atoms with Gasteiger partial charge >= 0.3 is 0 Å². The van der Waals surface area contributed by atoms with Gasteiger partial charge < -0.3 is 10.2 Å². The Hall–Kier alpha value is -1.75. The van der Waals surface area contributed by atoms with Crippen LogP contribution in [-0.2, 0) is 20.1 Å². The number of hydrogen-bond donors (Lipinski definition) is 1.